The van der Waals surface area contributed by atoms with Crippen LogP contribution >= 0.6 is 0 Å². The van der Waals surface area contributed by atoms with Crippen LogP contribution in [0.25, 0.3) is 22.0 Å². The Hall–Kier alpha value is -2.79. The summed E-state index contributed by atoms with van der Waals surface area (Å²) in [6.07, 6.45) is 0.800. The molecular weight excluding hydrogens is 432 g/mol. The molecule has 3 heterocycles. The van der Waals surface area contributed by atoms with Gasteiger partial charge in [0.05, 0.1) is 23.6 Å². The summed E-state index contributed by atoms with van der Waals surface area (Å²) in [5, 5.41) is 13.8. The third-order valence-corrected chi connectivity index (χ3v) is 8.22. The standard InChI is InChI=1S/C22H24N4O5S/c1-25-7-6-16-17(12-18-20(19(16)13-25)23-22(27)21(18)24-28)14-2-4-15(5-3-14)32(29,30)26-8-10-31-11-9-26/h2-5,12,23,27H,6-11,13H2,1H3. The molecule has 0 spiro atoms. The number of morpholine rings is 1. The van der Waals surface area contributed by atoms with Crippen molar-refractivity contribution in [2.45, 2.75) is 17.9 Å². The normalized spacial score (nSPS) is 18.0. The summed E-state index contributed by atoms with van der Waals surface area (Å²) in [4.78, 5) is 16.7. The molecule has 0 radical (unpaired) electrons. The number of nitroso groups, excluding NO2 is 1. The fraction of sp³-hybridized carbons (Fsp3) is 0.364. The number of fused-ring (bicyclic) bond motifs is 3. The highest BCUT2D eigenvalue weighted by atomic mass is 32.2. The second kappa shape index (κ2) is 7.96. The average molecular weight is 457 g/mol. The summed E-state index contributed by atoms with van der Waals surface area (Å²) in [5.74, 6) is -0.241. The molecule has 32 heavy (non-hydrogen) atoms. The van der Waals surface area contributed by atoms with E-state index in [9.17, 15) is 18.4 Å². The molecule has 0 bridgehead atoms. The first-order valence-electron chi connectivity index (χ1n) is 10.5. The lowest BCUT2D eigenvalue weighted by Gasteiger charge is -2.28. The maximum absolute atomic E-state index is 13.0. The van der Waals surface area contributed by atoms with Crippen LogP contribution in [0.5, 0.6) is 5.88 Å². The average Bonchev–Trinajstić information content (AvgIpc) is 3.14. The molecule has 2 aliphatic heterocycles. The number of aromatic nitrogens is 1. The molecule has 3 aromatic rings. The van der Waals surface area contributed by atoms with Crippen molar-refractivity contribution in [3.63, 3.8) is 0 Å². The summed E-state index contributed by atoms with van der Waals surface area (Å²) >= 11 is 0. The van der Waals surface area contributed by atoms with Crippen molar-refractivity contribution in [3.05, 3.63) is 46.4 Å². The van der Waals surface area contributed by atoms with E-state index in [2.05, 4.69) is 15.1 Å². The van der Waals surface area contributed by atoms with E-state index in [0.717, 1.165) is 35.2 Å². The molecule has 2 N–H and O–H groups in total. The van der Waals surface area contributed by atoms with Gasteiger partial charge in [-0.2, -0.15) is 4.31 Å². The van der Waals surface area contributed by atoms with Gasteiger partial charge < -0.3 is 19.7 Å². The van der Waals surface area contributed by atoms with Gasteiger partial charge >= 0.3 is 0 Å². The van der Waals surface area contributed by atoms with Crippen molar-refractivity contribution in [2.75, 3.05) is 39.9 Å². The van der Waals surface area contributed by atoms with Gasteiger partial charge in [0.1, 0.15) is 0 Å². The minimum Gasteiger partial charge on any atom is -0.493 e. The highest BCUT2D eigenvalue weighted by Gasteiger charge is 2.27. The lowest BCUT2D eigenvalue weighted by atomic mass is 9.89. The second-order valence-electron chi connectivity index (χ2n) is 8.25. The Labute approximate surface area is 185 Å². The predicted octanol–water partition coefficient (Wildman–Crippen LogP) is 2.95. The lowest BCUT2D eigenvalue weighted by Crippen LogP contribution is -2.40. The van der Waals surface area contributed by atoms with Gasteiger partial charge in [0, 0.05) is 31.6 Å². The van der Waals surface area contributed by atoms with E-state index in [1.54, 1.807) is 24.3 Å². The van der Waals surface area contributed by atoms with Crippen LogP contribution in [0, 0.1) is 4.91 Å². The number of hydrogen-bond acceptors (Lipinski definition) is 7. The Kier molecular flexibility index (Phi) is 5.25. The molecule has 0 atom stereocenters. The van der Waals surface area contributed by atoms with E-state index in [1.165, 1.54) is 4.31 Å². The van der Waals surface area contributed by atoms with Gasteiger partial charge in [0.15, 0.2) is 5.69 Å². The van der Waals surface area contributed by atoms with Gasteiger partial charge in [0.25, 0.3) is 0 Å². The molecule has 0 amide bonds. The highest BCUT2D eigenvalue weighted by molar-refractivity contribution is 7.89. The minimum atomic E-state index is -3.58. The second-order valence-corrected chi connectivity index (χ2v) is 10.2. The molecular formula is C22H24N4O5S. The molecule has 5 rings (SSSR count). The maximum Gasteiger partial charge on any atom is 0.243 e. The smallest absolute Gasteiger partial charge is 0.243 e. The van der Waals surface area contributed by atoms with Crippen LogP contribution in [0.15, 0.2) is 40.4 Å². The van der Waals surface area contributed by atoms with Gasteiger partial charge in [-0.3, -0.25) is 0 Å². The number of likely N-dealkylation sites (N-methyl/N-ethyl adjacent to an activating group) is 1. The summed E-state index contributed by atoms with van der Waals surface area (Å²) in [6, 6.07) is 8.71. The molecule has 9 nitrogen and oxygen atoms in total. The molecule has 168 valence electrons. The molecule has 0 unspecified atom stereocenters. The summed E-state index contributed by atoms with van der Waals surface area (Å²) in [5.41, 5.74) is 4.61. The molecule has 0 saturated carbocycles. The Morgan fingerprint density at radius 3 is 2.50 bits per heavy atom. The Bertz CT molecular complexity index is 1290. The first-order chi connectivity index (χ1) is 15.4. The van der Waals surface area contributed by atoms with Crippen LogP contribution in [0.3, 0.4) is 0 Å². The highest BCUT2D eigenvalue weighted by Crippen LogP contribution is 2.43. The number of rotatable bonds is 4. The van der Waals surface area contributed by atoms with Gasteiger partial charge in [-0.05, 0) is 59.1 Å². The third kappa shape index (κ3) is 3.39. The number of H-pyrrole nitrogens is 1. The predicted molar refractivity (Wildman–Crippen MR) is 120 cm³/mol. The van der Waals surface area contributed by atoms with E-state index in [-0.39, 0.29) is 16.5 Å². The maximum atomic E-state index is 13.0. The van der Waals surface area contributed by atoms with Crippen LogP contribution in [0.1, 0.15) is 11.1 Å². The molecule has 1 saturated heterocycles. The monoisotopic (exact) mass is 456 g/mol. The fourth-order valence-electron chi connectivity index (χ4n) is 4.62. The van der Waals surface area contributed by atoms with Gasteiger partial charge in [-0.25, -0.2) is 8.42 Å². The lowest BCUT2D eigenvalue weighted by molar-refractivity contribution is 0.0730. The number of sulfonamides is 1. The van der Waals surface area contributed by atoms with Crippen LogP contribution in [0.2, 0.25) is 0 Å². The Morgan fingerprint density at radius 1 is 1.09 bits per heavy atom. The van der Waals surface area contributed by atoms with Crippen molar-refractivity contribution in [2.24, 2.45) is 5.18 Å². The van der Waals surface area contributed by atoms with Gasteiger partial charge in [-0.1, -0.05) is 12.1 Å². The molecule has 2 aromatic carbocycles. The number of nitrogens with zero attached hydrogens (tertiary/aromatic N) is 3. The van der Waals surface area contributed by atoms with Crippen molar-refractivity contribution in [1.29, 1.82) is 0 Å². The van der Waals surface area contributed by atoms with E-state index in [1.807, 2.05) is 13.1 Å². The molecule has 2 aliphatic rings. The topological polar surface area (TPSA) is 115 Å². The number of benzene rings is 2. The van der Waals surface area contributed by atoms with Crippen LogP contribution in [-0.2, 0) is 27.7 Å². The molecule has 0 aliphatic carbocycles. The quantitative estimate of drug-likeness (QED) is 0.583. The van der Waals surface area contributed by atoms with Crippen LogP contribution in [-0.4, -0.2) is 67.6 Å². The summed E-state index contributed by atoms with van der Waals surface area (Å²) in [6.45, 7) is 3.03. The van der Waals surface area contributed by atoms with Gasteiger partial charge in [0.2, 0.25) is 15.9 Å². The SMILES string of the molecule is CN1CCc2c(-c3ccc(S(=O)(=O)N4CCOCC4)cc3)cc3c(N=O)c(O)[nH]c3c2C1. The number of aromatic hydroxyl groups is 1. The molecule has 1 fully saturated rings. The third-order valence-electron chi connectivity index (χ3n) is 6.31. The van der Waals surface area contributed by atoms with Crippen molar-refractivity contribution < 1.29 is 18.3 Å². The number of ether oxygens (including phenoxy) is 1. The van der Waals surface area contributed by atoms with Crippen LogP contribution < -0.4 is 0 Å². The van der Waals surface area contributed by atoms with Crippen molar-refractivity contribution in [1.82, 2.24) is 14.2 Å². The Morgan fingerprint density at radius 2 is 1.81 bits per heavy atom. The first kappa shape index (κ1) is 21.1. The van der Waals surface area contributed by atoms with E-state index >= 15 is 0 Å². The largest absolute Gasteiger partial charge is 0.493 e. The molecule has 10 heteroatoms. The molecule has 1 aromatic heterocycles. The van der Waals surface area contributed by atoms with E-state index in [0.29, 0.717) is 43.8 Å². The van der Waals surface area contributed by atoms with Crippen molar-refractivity contribution in [3.8, 4) is 17.0 Å². The first-order valence-corrected chi connectivity index (χ1v) is 11.9. The zero-order chi connectivity index (χ0) is 22.5. The zero-order valence-corrected chi connectivity index (χ0v) is 18.5. The van der Waals surface area contributed by atoms with E-state index in [4.69, 9.17) is 4.74 Å². The fourth-order valence-corrected chi connectivity index (χ4v) is 6.03. The summed E-state index contributed by atoms with van der Waals surface area (Å²) < 4.78 is 32.6. The number of aromatic amines is 1. The number of hydrogen-bond donors (Lipinski definition) is 2. The van der Waals surface area contributed by atoms with Crippen molar-refractivity contribution >= 4 is 26.6 Å². The number of nitrogens with one attached hydrogen (secondary N) is 1. The van der Waals surface area contributed by atoms with Crippen LogP contribution in [0.4, 0.5) is 5.69 Å². The minimum absolute atomic E-state index is 0.0104. The zero-order valence-electron chi connectivity index (χ0n) is 17.7. The Balaban J connectivity index is 1.61. The van der Waals surface area contributed by atoms with E-state index < -0.39 is 10.0 Å². The summed E-state index contributed by atoms with van der Waals surface area (Å²) in [7, 11) is -1.55. The van der Waals surface area contributed by atoms with Gasteiger partial charge in [-0.15, -0.1) is 4.91 Å².